The van der Waals surface area contributed by atoms with Crippen molar-refractivity contribution in [3.05, 3.63) is 59.4 Å². The van der Waals surface area contributed by atoms with Gasteiger partial charge in [-0.3, -0.25) is 14.6 Å². The van der Waals surface area contributed by atoms with Crippen LogP contribution in [0.3, 0.4) is 0 Å². The van der Waals surface area contributed by atoms with E-state index in [2.05, 4.69) is 9.88 Å². The van der Waals surface area contributed by atoms with Gasteiger partial charge >= 0.3 is 0 Å². The maximum absolute atomic E-state index is 13.1. The number of ether oxygens (including phenoxy) is 2. The lowest BCUT2D eigenvalue weighted by Crippen LogP contribution is -2.38. The molecule has 0 saturated carbocycles. The second kappa shape index (κ2) is 10.3. The number of aliphatic hydroxyl groups excluding tert-OH is 1. The second-order valence-corrected chi connectivity index (χ2v) is 7.37. The van der Waals surface area contributed by atoms with Crippen molar-refractivity contribution in [1.29, 1.82) is 0 Å². The summed E-state index contributed by atoms with van der Waals surface area (Å²) in [5.41, 5.74) is 1.12. The average Bonchev–Trinajstić information content (AvgIpc) is 3.09. The summed E-state index contributed by atoms with van der Waals surface area (Å²) < 4.78 is 10.8. The summed E-state index contributed by atoms with van der Waals surface area (Å²) in [5, 5.41) is 11.0. The molecule has 3 rings (SSSR count). The first-order chi connectivity index (χ1) is 15.5. The minimum Gasteiger partial charge on any atom is -0.507 e. The smallest absolute Gasteiger partial charge is 0.295 e. The van der Waals surface area contributed by atoms with E-state index in [1.54, 1.807) is 30.3 Å². The SMILES string of the molecule is CCN(CC)CCN1C(=O)C(=O)/C(=C(\O)c2ccncc2)C1c1ccc(OC)c(OC)c1. The molecule has 2 aromatic rings. The number of benzene rings is 1. The van der Waals surface area contributed by atoms with Crippen LogP contribution < -0.4 is 9.47 Å². The predicted molar refractivity (Wildman–Crippen MR) is 121 cm³/mol. The molecule has 1 unspecified atom stereocenters. The number of likely N-dealkylation sites (tertiary alicyclic amines) is 1. The van der Waals surface area contributed by atoms with E-state index in [9.17, 15) is 14.7 Å². The van der Waals surface area contributed by atoms with Crippen molar-refractivity contribution < 1.29 is 24.2 Å². The number of carbonyl (C=O) groups excluding carboxylic acids is 2. The quantitative estimate of drug-likeness (QED) is 0.365. The van der Waals surface area contributed by atoms with Gasteiger partial charge in [-0.15, -0.1) is 0 Å². The van der Waals surface area contributed by atoms with E-state index in [0.717, 1.165) is 13.1 Å². The van der Waals surface area contributed by atoms with Gasteiger partial charge in [-0.25, -0.2) is 0 Å². The predicted octanol–water partition coefficient (Wildman–Crippen LogP) is 2.86. The molecule has 32 heavy (non-hydrogen) atoms. The lowest BCUT2D eigenvalue weighted by Gasteiger charge is -2.28. The molecule has 1 fully saturated rings. The largest absolute Gasteiger partial charge is 0.507 e. The third-order valence-electron chi connectivity index (χ3n) is 5.77. The van der Waals surface area contributed by atoms with Gasteiger partial charge in [-0.2, -0.15) is 0 Å². The highest BCUT2D eigenvalue weighted by molar-refractivity contribution is 6.46. The minimum atomic E-state index is -0.751. The maximum Gasteiger partial charge on any atom is 0.295 e. The lowest BCUT2D eigenvalue weighted by atomic mass is 9.95. The van der Waals surface area contributed by atoms with E-state index >= 15 is 0 Å². The van der Waals surface area contributed by atoms with E-state index in [1.807, 2.05) is 13.8 Å². The number of nitrogens with zero attached hydrogens (tertiary/aromatic N) is 3. The fraction of sp³-hybridized carbons (Fsp3) is 0.375. The molecule has 0 aliphatic carbocycles. The number of hydrogen-bond donors (Lipinski definition) is 1. The Labute approximate surface area is 188 Å². The molecule has 0 radical (unpaired) electrons. The molecule has 0 bridgehead atoms. The van der Waals surface area contributed by atoms with Crippen molar-refractivity contribution >= 4 is 17.4 Å². The van der Waals surface area contributed by atoms with Gasteiger partial charge in [0.2, 0.25) is 0 Å². The number of aromatic nitrogens is 1. The van der Waals surface area contributed by atoms with Gasteiger partial charge in [0.1, 0.15) is 5.76 Å². The molecule has 2 heterocycles. The number of Topliss-reactive ketones (excluding diaryl/α,β-unsaturated/α-hetero) is 1. The van der Waals surface area contributed by atoms with Crippen LogP contribution in [-0.2, 0) is 9.59 Å². The second-order valence-electron chi connectivity index (χ2n) is 7.37. The Balaban J connectivity index is 2.13. The van der Waals surface area contributed by atoms with Crippen molar-refractivity contribution in [2.24, 2.45) is 0 Å². The molecule has 1 N–H and O–H groups in total. The van der Waals surface area contributed by atoms with Crippen LogP contribution in [0, 0.1) is 0 Å². The van der Waals surface area contributed by atoms with Gasteiger partial charge in [0.05, 0.1) is 25.8 Å². The number of hydrogen-bond acceptors (Lipinski definition) is 7. The fourth-order valence-corrected chi connectivity index (χ4v) is 3.93. The van der Waals surface area contributed by atoms with E-state index < -0.39 is 17.7 Å². The number of likely N-dealkylation sites (N-methyl/N-ethyl adjacent to an activating group) is 1. The van der Waals surface area contributed by atoms with Gasteiger partial charge in [0.15, 0.2) is 11.5 Å². The summed E-state index contributed by atoms with van der Waals surface area (Å²) >= 11 is 0. The Morgan fingerprint density at radius 3 is 2.31 bits per heavy atom. The summed E-state index contributed by atoms with van der Waals surface area (Å²) in [6.45, 7) is 6.72. The molecule has 1 aromatic heterocycles. The normalized spacial score (nSPS) is 17.8. The van der Waals surface area contributed by atoms with Gasteiger partial charge in [-0.1, -0.05) is 19.9 Å². The van der Waals surface area contributed by atoms with E-state index in [4.69, 9.17) is 9.47 Å². The van der Waals surface area contributed by atoms with Crippen LogP contribution in [0.25, 0.3) is 5.76 Å². The zero-order valence-electron chi connectivity index (χ0n) is 18.9. The highest BCUT2D eigenvalue weighted by atomic mass is 16.5. The molecule has 170 valence electrons. The number of ketones is 1. The Morgan fingerprint density at radius 1 is 1.06 bits per heavy atom. The standard InChI is InChI=1S/C24H29N3O5/c1-5-26(6-2)13-14-27-21(17-7-8-18(31-3)19(15-17)32-4)20(23(29)24(27)30)22(28)16-9-11-25-12-10-16/h7-12,15,21,28H,5-6,13-14H2,1-4H3/b22-20-. The van der Waals surface area contributed by atoms with Crippen molar-refractivity contribution in [2.75, 3.05) is 40.4 Å². The lowest BCUT2D eigenvalue weighted by molar-refractivity contribution is -0.140. The van der Waals surface area contributed by atoms with Crippen molar-refractivity contribution in [1.82, 2.24) is 14.8 Å². The van der Waals surface area contributed by atoms with Crippen LogP contribution in [0.5, 0.6) is 11.5 Å². The van der Waals surface area contributed by atoms with Crippen LogP contribution in [0.4, 0.5) is 0 Å². The molecule has 1 atom stereocenters. The van der Waals surface area contributed by atoms with Crippen LogP contribution in [0.2, 0.25) is 0 Å². The molecule has 1 aromatic carbocycles. The first-order valence-electron chi connectivity index (χ1n) is 10.6. The van der Waals surface area contributed by atoms with Gasteiger partial charge in [-0.05, 0) is 42.9 Å². The number of carbonyl (C=O) groups is 2. The molecule has 8 heteroatoms. The molecule has 8 nitrogen and oxygen atoms in total. The Bertz CT molecular complexity index is 1000. The summed E-state index contributed by atoms with van der Waals surface area (Å²) in [6, 6.07) is 7.69. The fourth-order valence-electron chi connectivity index (χ4n) is 3.93. The van der Waals surface area contributed by atoms with Crippen molar-refractivity contribution in [2.45, 2.75) is 19.9 Å². The van der Waals surface area contributed by atoms with Gasteiger partial charge < -0.3 is 24.4 Å². The Kier molecular flexibility index (Phi) is 7.48. The number of methoxy groups -OCH3 is 2. The van der Waals surface area contributed by atoms with Crippen molar-refractivity contribution in [3.63, 3.8) is 0 Å². The summed E-state index contributed by atoms with van der Waals surface area (Å²) in [5.74, 6) is -0.559. The zero-order chi connectivity index (χ0) is 23.3. The zero-order valence-corrected chi connectivity index (χ0v) is 18.9. The number of pyridine rings is 1. The number of aliphatic hydroxyl groups is 1. The molecule has 1 aliphatic heterocycles. The van der Waals surface area contributed by atoms with Crippen LogP contribution in [0.15, 0.2) is 48.3 Å². The summed E-state index contributed by atoms with van der Waals surface area (Å²) in [4.78, 5) is 33.8. The highest BCUT2D eigenvalue weighted by Gasteiger charge is 2.46. The topological polar surface area (TPSA) is 92.2 Å². The summed E-state index contributed by atoms with van der Waals surface area (Å²) in [6.07, 6.45) is 3.05. The average molecular weight is 440 g/mol. The summed E-state index contributed by atoms with van der Waals surface area (Å²) in [7, 11) is 3.06. The monoisotopic (exact) mass is 439 g/mol. The van der Waals surface area contributed by atoms with E-state index in [0.29, 0.717) is 35.7 Å². The highest BCUT2D eigenvalue weighted by Crippen LogP contribution is 2.41. The van der Waals surface area contributed by atoms with Crippen LogP contribution in [-0.4, -0.2) is 72.0 Å². The van der Waals surface area contributed by atoms with Gasteiger partial charge in [0.25, 0.3) is 11.7 Å². The maximum atomic E-state index is 13.1. The third-order valence-corrected chi connectivity index (χ3v) is 5.77. The van der Waals surface area contributed by atoms with E-state index in [1.165, 1.54) is 31.5 Å². The number of amides is 1. The molecule has 0 spiro atoms. The van der Waals surface area contributed by atoms with Gasteiger partial charge in [0, 0.05) is 31.0 Å². The molecule has 1 aliphatic rings. The van der Waals surface area contributed by atoms with E-state index in [-0.39, 0.29) is 11.3 Å². The molecule has 1 amide bonds. The first-order valence-corrected chi connectivity index (χ1v) is 10.6. The molecule has 1 saturated heterocycles. The minimum absolute atomic E-state index is 0.0490. The first kappa shape index (κ1) is 23.3. The third kappa shape index (κ3) is 4.45. The molecular formula is C24H29N3O5. The van der Waals surface area contributed by atoms with Crippen LogP contribution >= 0.6 is 0 Å². The van der Waals surface area contributed by atoms with Crippen molar-refractivity contribution in [3.8, 4) is 11.5 Å². The Hall–Kier alpha value is -3.39. The number of rotatable bonds is 9. The van der Waals surface area contributed by atoms with Crippen LogP contribution in [0.1, 0.15) is 31.0 Å². The molecular weight excluding hydrogens is 410 g/mol. The Morgan fingerprint density at radius 2 is 1.72 bits per heavy atom.